The van der Waals surface area contributed by atoms with Crippen molar-refractivity contribution >= 4 is 18.4 Å². The SMILES string of the molecule is Cl.NNC(N)(Cc1cnc[nH]1)C(=O)O. The summed E-state index contributed by atoms with van der Waals surface area (Å²) in [5, 5.41) is 8.73. The largest absolute Gasteiger partial charge is 0.479 e. The predicted octanol–water partition coefficient (Wildman–Crippen LogP) is -1.42. The van der Waals surface area contributed by atoms with Gasteiger partial charge in [-0.3, -0.25) is 5.84 Å². The second-order valence-electron chi connectivity index (χ2n) is 2.67. The fourth-order valence-electron chi connectivity index (χ4n) is 0.870. The molecular weight excluding hydrogens is 210 g/mol. The molecule has 1 unspecified atom stereocenters. The third-order valence-corrected chi connectivity index (χ3v) is 1.66. The second kappa shape index (κ2) is 4.91. The number of carbonyl (C=O) groups is 1. The minimum Gasteiger partial charge on any atom is -0.479 e. The minimum absolute atomic E-state index is 0. The molecule has 0 saturated heterocycles. The number of hydrogen-bond donors (Lipinski definition) is 5. The smallest absolute Gasteiger partial charge is 0.340 e. The van der Waals surface area contributed by atoms with Crippen LogP contribution in [0.25, 0.3) is 0 Å². The number of hydrogen-bond acceptors (Lipinski definition) is 5. The average molecular weight is 222 g/mol. The van der Waals surface area contributed by atoms with Crippen molar-refractivity contribution in [1.29, 1.82) is 0 Å². The molecule has 0 aliphatic heterocycles. The number of carboxylic acids is 1. The van der Waals surface area contributed by atoms with Crippen LogP contribution in [0.5, 0.6) is 0 Å². The fourth-order valence-corrected chi connectivity index (χ4v) is 0.870. The third kappa shape index (κ3) is 2.67. The molecule has 0 saturated carbocycles. The van der Waals surface area contributed by atoms with Gasteiger partial charge in [-0.15, -0.1) is 12.4 Å². The number of nitrogens with one attached hydrogen (secondary N) is 2. The summed E-state index contributed by atoms with van der Waals surface area (Å²) in [7, 11) is 0. The van der Waals surface area contributed by atoms with E-state index in [1.54, 1.807) is 0 Å². The molecule has 0 spiro atoms. The Labute approximate surface area is 86.3 Å². The van der Waals surface area contributed by atoms with Crippen LogP contribution in [0.2, 0.25) is 0 Å². The summed E-state index contributed by atoms with van der Waals surface area (Å²) in [6, 6.07) is 0. The van der Waals surface area contributed by atoms with E-state index in [0.29, 0.717) is 5.69 Å². The van der Waals surface area contributed by atoms with Crippen molar-refractivity contribution in [3.05, 3.63) is 18.2 Å². The van der Waals surface area contributed by atoms with Gasteiger partial charge in [0.2, 0.25) is 0 Å². The lowest BCUT2D eigenvalue weighted by molar-refractivity contribution is -0.144. The molecule has 1 aromatic heterocycles. The number of halogens is 1. The maximum absolute atomic E-state index is 10.7. The van der Waals surface area contributed by atoms with Crippen LogP contribution < -0.4 is 17.0 Å². The molecule has 0 aromatic carbocycles. The molecule has 0 aliphatic carbocycles. The Morgan fingerprint density at radius 2 is 2.43 bits per heavy atom. The number of nitrogens with zero attached hydrogens (tertiary/aromatic N) is 1. The zero-order valence-electron chi connectivity index (χ0n) is 7.23. The first kappa shape index (κ1) is 12.8. The van der Waals surface area contributed by atoms with Crippen LogP contribution in [0.15, 0.2) is 12.5 Å². The van der Waals surface area contributed by atoms with Crippen LogP contribution in [0.4, 0.5) is 0 Å². The zero-order valence-corrected chi connectivity index (χ0v) is 8.04. The summed E-state index contributed by atoms with van der Waals surface area (Å²) in [6.07, 6.45) is 2.97. The normalized spacial score (nSPS) is 14.1. The molecular formula is C6H12ClN5O2. The molecule has 1 rings (SSSR count). The molecule has 0 aliphatic rings. The van der Waals surface area contributed by atoms with Gasteiger partial charge in [0.15, 0.2) is 5.66 Å². The lowest BCUT2D eigenvalue weighted by atomic mass is 10.1. The van der Waals surface area contributed by atoms with Crippen LogP contribution in [-0.4, -0.2) is 26.7 Å². The fraction of sp³-hybridized carbons (Fsp3) is 0.333. The van der Waals surface area contributed by atoms with Crippen LogP contribution in [0.3, 0.4) is 0 Å². The van der Waals surface area contributed by atoms with E-state index in [-0.39, 0.29) is 18.8 Å². The van der Waals surface area contributed by atoms with E-state index in [0.717, 1.165) is 0 Å². The van der Waals surface area contributed by atoms with Crippen molar-refractivity contribution in [2.75, 3.05) is 0 Å². The molecule has 14 heavy (non-hydrogen) atoms. The van der Waals surface area contributed by atoms with Crippen molar-refractivity contribution in [3.63, 3.8) is 0 Å². The quantitative estimate of drug-likeness (QED) is 0.241. The summed E-state index contributed by atoms with van der Waals surface area (Å²) < 4.78 is 0. The minimum atomic E-state index is -1.66. The number of H-pyrrole nitrogens is 1. The number of aromatic amines is 1. The Morgan fingerprint density at radius 1 is 1.79 bits per heavy atom. The van der Waals surface area contributed by atoms with Gasteiger partial charge in [-0.2, -0.15) is 0 Å². The topological polar surface area (TPSA) is 130 Å². The molecule has 1 atom stereocenters. The van der Waals surface area contributed by atoms with Crippen molar-refractivity contribution in [1.82, 2.24) is 15.4 Å². The van der Waals surface area contributed by atoms with Gasteiger partial charge in [-0.1, -0.05) is 0 Å². The van der Waals surface area contributed by atoms with E-state index in [2.05, 4.69) is 9.97 Å². The first-order valence-corrected chi connectivity index (χ1v) is 3.56. The Morgan fingerprint density at radius 3 is 2.79 bits per heavy atom. The van der Waals surface area contributed by atoms with E-state index in [9.17, 15) is 4.79 Å². The van der Waals surface area contributed by atoms with Crippen molar-refractivity contribution < 1.29 is 9.90 Å². The highest BCUT2D eigenvalue weighted by atomic mass is 35.5. The predicted molar refractivity (Wildman–Crippen MR) is 51.4 cm³/mol. The van der Waals surface area contributed by atoms with Crippen molar-refractivity contribution in [3.8, 4) is 0 Å². The van der Waals surface area contributed by atoms with Crippen LogP contribution >= 0.6 is 12.4 Å². The van der Waals surface area contributed by atoms with Crippen LogP contribution in [0.1, 0.15) is 5.69 Å². The van der Waals surface area contributed by atoms with Gasteiger partial charge >= 0.3 is 5.97 Å². The number of aromatic nitrogens is 2. The molecule has 8 heteroatoms. The lowest BCUT2D eigenvalue weighted by Crippen LogP contribution is -2.63. The molecule has 0 bridgehead atoms. The van der Waals surface area contributed by atoms with Gasteiger partial charge in [-0.25, -0.2) is 15.2 Å². The Bertz CT molecular complexity index is 290. The first-order valence-electron chi connectivity index (χ1n) is 3.56. The summed E-state index contributed by atoms with van der Waals surface area (Å²) in [6.45, 7) is 0. The summed E-state index contributed by atoms with van der Waals surface area (Å²) in [5.74, 6) is 3.82. The van der Waals surface area contributed by atoms with Gasteiger partial charge < -0.3 is 15.8 Å². The van der Waals surface area contributed by atoms with Gasteiger partial charge in [0.05, 0.1) is 6.33 Å². The van der Waals surface area contributed by atoms with Gasteiger partial charge in [0.25, 0.3) is 0 Å². The Kier molecular flexibility index (Phi) is 4.51. The zero-order chi connectivity index (χ0) is 9.90. The van der Waals surface area contributed by atoms with E-state index in [4.69, 9.17) is 16.7 Å². The van der Waals surface area contributed by atoms with E-state index < -0.39 is 11.6 Å². The average Bonchev–Trinajstić information content (AvgIpc) is 2.56. The van der Waals surface area contributed by atoms with E-state index in [1.807, 2.05) is 5.43 Å². The maximum Gasteiger partial charge on any atom is 0.340 e. The van der Waals surface area contributed by atoms with Crippen LogP contribution in [0, 0.1) is 0 Å². The molecule has 80 valence electrons. The summed E-state index contributed by atoms with van der Waals surface area (Å²) in [4.78, 5) is 17.1. The third-order valence-electron chi connectivity index (χ3n) is 1.66. The summed E-state index contributed by atoms with van der Waals surface area (Å²) in [5.41, 5.74) is 6.43. The molecule has 0 amide bonds. The highest BCUT2D eigenvalue weighted by molar-refractivity contribution is 5.85. The second-order valence-corrected chi connectivity index (χ2v) is 2.67. The van der Waals surface area contributed by atoms with Gasteiger partial charge in [-0.05, 0) is 0 Å². The lowest BCUT2D eigenvalue weighted by Gasteiger charge is -2.22. The van der Waals surface area contributed by atoms with Gasteiger partial charge in [0.1, 0.15) is 0 Å². The Balaban J connectivity index is 0.00000169. The Hall–Kier alpha value is -1.15. The van der Waals surface area contributed by atoms with E-state index in [1.165, 1.54) is 12.5 Å². The summed E-state index contributed by atoms with van der Waals surface area (Å²) >= 11 is 0. The molecule has 1 aromatic rings. The number of hydrazine groups is 1. The van der Waals surface area contributed by atoms with Crippen molar-refractivity contribution in [2.45, 2.75) is 12.1 Å². The molecule has 0 radical (unpaired) electrons. The molecule has 1 heterocycles. The standard InChI is InChI=1S/C6H11N5O2.ClH/c7-6(11-8,5(12)13)1-4-2-9-3-10-4;/h2-3,11H,1,7-8H2,(H,9,10)(H,12,13);1H. The van der Waals surface area contributed by atoms with Crippen LogP contribution in [-0.2, 0) is 11.2 Å². The highest BCUT2D eigenvalue weighted by Crippen LogP contribution is 2.04. The monoisotopic (exact) mass is 221 g/mol. The first-order chi connectivity index (χ1) is 6.08. The van der Waals surface area contributed by atoms with E-state index >= 15 is 0 Å². The maximum atomic E-state index is 10.7. The molecule has 7 nitrogen and oxygen atoms in total. The number of carboxylic acid groups (broad SMARTS) is 1. The molecule has 0 fully saturated rings. The highest BCUT2D eigenvalue weighted by Gasteiger charge is 2.33. The number of nitrogens with two attached hydrogens (primary N) is 2. The number of rotatable bonds is 4. The molecule has 7 N–H and O–H groups in total. The number of imidazole rings is 1. The van der Waals surface area contributed by atoms with Gasteiger partial charge in [0, 0.05) is 18.3 Å². The number of aliphatic carboxylic acids is 1. The van der Waals surface area contributed by atoms with Crippen molar-refractivity contribution in [2.24, 2.45) is 11.6 Å².